The maximum absolute atomic E-state index is 12.4. The summed E-state index contributed by atoms with van der Waals surface area (Å²) in [6.45, 7) is 11.8. The number of carbonyl (C=O) groups excluding carboxylic acids is 1. The highest BCUT2D eigenvalue weighted by atomic mass is 16.5. The summed E-state index contributed by atoms with van der Waals surface area (Å²) in [6, 6.07) is 0. The zero-order valence-electron chi connectivity index (χ0n) is 13.6. The van der Waals surface area contributed by atoms with E-state index >= 15 is 0 Å². The molecule has 1 atom stereocenters. The van der Waals surface area contributed by atoms with E-state index in [0.717, 1.165) is 65.3 Å². The van der Waals surface area contributed by atoms with E-state index in [1.807, 2.05) is 0 Å². The molecule has 1 amide bonds. The van der Waals surface area contributed by atoms with Crippen molar-refractivity contribution in [2.75, 3.05) is 52.5 Å². The van der Waals surface area contributed by atoms with Crippen molar-refractivity contribution in [3.05, 3.63) is 0 Å². The van der Waals surface area contributed by atoms with Gasteiger partial charge >= 0.3 is 0 Å². The Bertz CT molecular complexity index is 321. The molecule has 2 fully saturated rings. The van der Waals surface area contributed by atoms with Gasteiger partial charge in [-0.05, 0) is 44.8 Å². The van der Waals surface area contributed by atoms with Crippen LogP contribution in [0.1, 0.15) is 33.1 Å². The summed E-state index contributed by atoms with van der Waals surface area (Å²) < 4.78 is 5.34. The molecule has 0 aliphatic carbocycles. The summed E-state index contributed by atoms with van der Waals surface area (Å²) in [5, 5.41) is 6.54. The van der Waals surface area contributed by atoms with Gasteiger partial charge < -0.3 is 15.4 Å². The van der Waals surface area contributed by atoms with Crippen LogP contribution in [-0.4, -0.2) is 63.3 Å². The van der Waals surface area contributed by atoms with E-state index in [2.05, 4.69) is 29.4 Å². The fraction of sp³-hybridized carbons (Fsp3) is 0.938. The third-order valence-corrected chi connectivity index (χ3v) is 4.94. The summed E-state index contributed by atoms with van der Waals surface area (Å²) in [6.07, 6.45) is 3.35. The molecule has 2 heterocycles. The van der Waals surface area contributed by atoms with Gasteiger partial charge in [-0.15, -0.1) is 0 Å². The first-order chi connectivity index (χ1) is 10.1. The van der Waals surface area contributed by atoms with Crippen molar-refractivity contribution in [3.63, 3.8) is 0 Å². The van der Waals surface area contributed by atoms with Crippen molar-refractivity contribution in [1.82, 2.24) is 15.5 Å². The number of carbonyl (C=O) groups is 1. The van der Waals surface area contributed by atoms with Gasteiger partial charge in [0.2, 0.25) is 5.91 Å². The average Bonchev–Trinajstić information content (AvgIpc) is 2.53. The number of nitrogens with one attached hydrogen (secondary N) is 2. The summed E-state index contributed by atoms with van der Waals surface area (Å²) >= 11 is 0. The second-order valence-electron chi connectivity index (χ2n) is 6.83. The maximum Gasteiger partial charge on any atom is 0.225 e. The van der Waals surface area contributed by atoms with E-state index in [9.17, 15) is 4.79 Å². The Morgan fingerprint density at radius 3 is 2.81 bits per heavy atom. The van der Waals surface area contributed by atoms with Gasteiger partial charge in [0.05, 0.1) is 13.2 Å². The van der Waals surface area contributed by atoms with Gasteiger partial charge in [0, 0.05) is 25.0 Å². The van der Waals surface area contributed by atoms with Crippen LogP contribution in [0.3, 0.4) is 0 Å². The lowest BCUT2D eigenvalue weighted by molar-refractivity contribution is -0.132. The minimum absolute atomic E-state index is 0.207. The predicted molar refractivity (Wildman–Crippen MR) is 84.3 cm³/mol. The van der Waals surface area contributed by atoms with Crippen LogP contribution in [0.4, 0.5) is 0 Å². The zero-order chi connectivity index (χ0) is 15.1. The molecule has 122 valence electrons. The monoisotopic (exact) mass is 297 g/mol. The van der Waals surface area contributed by atoms with E-state index in [4.69, 9.17) is 4.74 Å². The van der Waals surface area contributed by atoms with Crippen LogP contribution in [0.2, 0.25) is 0 Å². The fourth-order valence-corrected chi connectivity index (χ4v) is 3.21. The van der Waals surface area contributed by atoms with E-state index in [1.165, 1.54) is 6.42 Å². The van der Waals surface area contributed by atoms with Crippen LogP contribution in [0.5, 0.6) is 0 Å². The van der Waals surface area contributed by atoms with Crippen LogP contribution in [0, 0.1) is 11.3 Å². The summed E-state index contributed by atoms with van der Waals surface area (Å²) in [4.78, 5) is 14.9. The van der Waals surface area contributed by atoms with Crippen molar-refractivity contribution in [2.24, 2.45) is 11.3 Å². The smallest absolute Gasteiger partial charge is 0.225 e. The van der Waals surface area contributed by atoms with Crippen LogP contribution in [0.25, 0.3) is 0 Å². The van der Waals surface area contributed by atoms with Gasteiger partial charge in [-0.25, -0.2) is 0 Å². The van der Waals surface area contributed by atoms with Gasteiger partial charge in [0.25, 0.3) is 0 Å². The molecule has 2 N–H and O–H groups in total. The lowest BCUT2D eigenvalue weighted by atomic mass is 9.74. The zero-order valence-corrected chi connectivity index (χ0v) is 13.6. The first-order valence-electron chi connectivity index (χ1n) is 8.40. The normalized spacial score (nSPS) is 24.8. The van der Waals surface area contributed by atoms with E-state index in [-0.39, 0.29) is 11.3 Å². The highest BCUT2D eigenvalue weighted by Crippen LogP contribution is 2.31. The van der Waals surface area contributed by atoms with Crippen molar-refractivity contribution in [3.8, 4) is 0 Å². The van der Waals surface area contributed by atoms with E-state index in [0.29, 0.717) is 5.92 Å². The molecule has 21 heavy (non-hydrogen) atoms. The third-order valence-electron chi connectivity index (χ3n) is 4.94. The molecule has 2 rings (SSSR count). The van der Waals surface area contributed by atoms with Crippen LogP contribution >= 0.6 is 0 Å². The average molecular weight is 297 g/mol. The molecule has 2 aliphatic heterocycles. The summed E-state index contributed by atoms with van der Waals surface area (Å²) in [5.74, 6) is 0.656. The van der Waals surface area contributed by atoms with Crippen LogP contribution < -0.4 is 10.6 Å². The first kappa shape index (κ1) is 16.7. The van der Waals surface area contributed by atoms with Gasteiger partial charge in [-0.2, -0.15) is 0 Å². The molecule has 0 radical (unpaired) electrons. The number of hydrogen-bond acceptors (Lipinski definition) is 4. The Kier molecular flexibility index (Phi) is 6.45. The largest absolute Gasteiger partial charge is 0.379 e. The summed E-state index contributed by atoms with van der Waals surface area (Å²) in [5.41, 5.74) is -0.271. The van der Waals surface area contributed by atoms with E-state index < -0.39 is 0 Å². The minimum Gasteiger partial charge on any atom is -0.379 e. The molecule has 0 aromatic heterocycles. The van der Waals surface area contributed by atoms with E-state index in [1.54, 1.807) is 0 Å². The molecule has 0 bridgehead atoms. The Morgan fingerprint density at radius 2 is 2.14 bits per heavy atom. The number of nitrogens with zero attached hydrogens (tertiary/aromatic N) is 1. The van der Waals surface area contributed by atoms with Crippen LogP contribution in [0.15, 0.2) is 0 Å². The molecule has 0 saturated carbocycles. The van der Waals surface area contributed by atoms with Crippen molar-refractivity contribution >= 4 is 5.91 Å². The highest BCUT2D eigenvalue weighted by Gasteiger charge is 2.36. The maximum atomic E-state index is 12.4. The molecular formula is C16H31N3O2. The minimum atomic E-state index is -0.271. The SMILES string of the molecule is CC(C)(C(=O)NCCCN1CCOCC1)C1CCCNC1. The Labute approximate surface area is 128 Å². The third kappa shape index (κ3) is 4.94. The van der Waals surface area contributed by atoms with Crippen LogP contribution in [-0.2, 0) is 9.53 Å². The Morgan fingerprint density at radius 1 is 1.38 bits per heavy atom. The molecule has 5 nitrogen and oxygen atoms in total. The van der Waals surface area contributed by atoms with Crippen molar-refractivity contribution in [2.45, 2.75) is 33.1 Å². The van der Waals surface area contributed by atoms with Gasteiger partial charge in [-0.3, -0.25) is 9.69 Å². The lowest BCUT2D eigenvalue weighted by Crippen LogP contribution is -2.47. The number of piperidine rings is 1. The van der Waals surface area contributed by atoms with Crippen molar-refractivity contribution < 1.29 is 9.53 Å². The Balaban J connectivity index is 1.65. The van der Waals surface area contributed by atoms with Gasteiger partial charge in [-0.1, -0.05) is 13.8 Å². The molecule has 2 aliphatic rings. The quantitative estimate of drug-likeness (QED) is 0.714. The predicted octanol–water partition coefficient (Wildman–Crippen LogP) is 0.851. The Hall–Kier alpha value is -0.650. The molecule has 2 saturated heterocycles. The molecule has 5 heteroatoms. The number of rotatable bonds is 6. The standard InChI is InChI=1S/C16H31N3O2/c1-16(2,14-5-3-6-17-13-14)15(20)18-7-4-8-19-9-11-21-12-10-19/h14,17H,3-13H2,1-2H3,(H,18,20). The van der Waals surface area contributed by atoms with Crippen molar-refractivity contribution in [1.29, 1.82) is 0 Å². The second kappa shape index (κ2) is 8.11. The number of amides is 1. The molecule has 0 aromatic rings. The molecule has 1 unspecified atom stereocenters. The molecule has 0 spiro atoms. The number of morpholine rings is 1. The van der Waals surface area contributed by atoms with Gasteiger partial charge in [0.1, 0.15) is 0 Å². The number of hydrogen-bond donors (Lipinski definition) is 2. The molecular weight excluding hydrogens is 266 g/mol. The fourth-order valence-electron chi connectivity index (χ4n) is 3.21. The molecule has 0 aromatic carbocycles. The number of ether oxygens (including phenoxy) is 1. The lowest BCUT2D eigenvalue weighted by Gasteiger charge is -2.36. The first-order valence-corrected chi connectivity index (χ1v) is 8.40. The second-order valence-corrected chi connectivity index (χ2v) is 6.83. The van der Waals surface area contributed by atoms with Gasteiger partial charge in [0.15, 0.2) is 0 Å². The topological polar surface area (TPSA) is 53.6 Å². The highest BCUT2D eigenvalue weighted by molar-refractivity contribution is 5.82. The summed E-state index contributed by atoms with van der Waals surface area (Å²) in [7, 11) is 0.